The van der Waals surface area contributed by atoms with Crippen molar-refractivity contribution >= 4 is 34.1 Å². The highest BCUT2D eigenvalue weighted by Crippen LogP contribution is 2.21. The second kappa shape index (κ2) is 7.25. The lowest BCUT2D eigenvalue weighted by atomic mass is 10.3. The predicted octanol–water partition coefficient (Wildman–Crippen LogP) is 3.22. The number of aryl methyl sites for hydroxylation is 1. The second-order valence-corrected chi connectivity index (χ2v) is 6.07. The Bertz CT molecular complexity index is 528. The SMILES string of the molecule is CCCc1cnc(NC(=O)CSc2ccncc2)s1. The van der Waals surface area contributed by atoms with Crippen molar-refractivity contribution < 1.29 is 4.79 Å². The number of rotatable bonds is 6. The number of thiazole rings is 1. The molecule has 0 atom stereocenters. The molecule has 6 heteroatoms. The molecular formula is C13H15N3OS2. The summed E-state index contributed by atoms with van der Waals surface area (Å²) in [6.45, 7) is 2.13. The normalized spacial score (nSPS) is 10.4. The Kier molecular flexibility index (Phi) is 5.35. The third kappa shape index (κ3) is 4.65. The first-order valence-corrected chi connectivity index (χ1v) is 7.85. The number of hydrogen-bond donors (Lipinski definition) is 1. The van der Waals surface area contributed by atoms with E-state index >= 15 is 0 Å². The van der Waals surface area contributed by atoms with Crippen LogP contribution in [0.5, 0.6) is 0 Å². The Labute approximate surface area is 120 Å². The highest BCUT2D eigenvalue weighted by Gasteiger charge is 2.07. The predicted molar refractivity (Wildman–Crippen MR) is 79.7 cm³/mol. The van der Waals surface area contributed by atoms with E-state index < -0.39 is 0 Å². The van der Waals surface area contributed by atoms with Gasteiger partial charge in [0.2, 0.25) is 5.91 Å². The number of pyridine rings is 1. The van der Waals surface area contributed by atoms with Crippen LogP contribution in [-0.4, -0.2) is 21.6 Å². The zero-order valence-corrected chi connectivity index (χ0v) is 12.3. The third-order valence-corrected chi connectivity index (χ3v) is 4.30. The number of carbonyl (C=O) groups is 1. The van der Waals surface area contributed by atoms with Crippen molar-refractivity contribution in [3.8, 4) is 0 Å². The van der Waals surface area contributed by atoms with Crippen molar-refractivity contribution in [1.29, 1.82) is 0 Å². The van der Waals surface area contributed by atoms with Crippen LogP contribution in [0, 0.1) is 0 Å². The molecule has 1 N–H and O–H groups in total. The third-order valence-electron chi connectivity index (χ3n) is 2.32. The Hall–Kier alpha value is -1.40. The maximum absolute atomic E-state index is 11.8. The van der Waals surface area contributed by atoms with Crippen LogP contribution in [0.1, 0.15) is 18.2 Å². The zero-order chi connectivity index (χ0) is 13.5. The minimum absolute atomic E-state index is 0.0285. The van der Waals surface area contributed by atoms with E-state index in [2.05, 4.69) is 22.2 Å². The number of anilines is 1. The van der Waals surface area contributed by atoms with E-state index in [-0.39, 0.29) is 5.91 Å². The minimum atomic E-state index is -0.0285. The van der Waals surface area contributed by atoms with Gasteiger partial charge in [0.05, 0.1) is 5.75 Å². The first-order valence-electron chi connectivity index (χ1n) is 6.05. The lowest BCUT2D eigenvalue weighted by molar-refractivity contribution is -0.113. The molecule has 0 radical (unpaired) electrons. The Morgan fingerprint density at radius 2 is 2.21 bits per heavy atom. The molecule has 1 amide bonds. The van der Waals surface area contributed by atoms with Crippen molar-refractivity contribution in [3.05, 3.63) is 35.6 Å². The van der Waals surface area contributed by atoms with E-state index in [1.54, 1.807) is 23.7 Å². The molecular weight excluding hydrogens is 278 g/mol. The second-order valence-electron chi connectivity index (χ2n) is 3.90. The fraction of sp³-hybridized carbons (Fsp3) is 0.308. The van der Waals surface area contributed by atoms with Crippen LogP contribution in [0.15, 0.2) is 35.6 Å². The molecule has 0 fully saturated rings. The van der Waals surface area contributed by atoms with E-state index in [0.717, 1.165) is 17.7 Å². The van der Waals surface area contributed by atoms with Crippen LogP contribution < -0.4 is 5.32 Å². The molecule has 2 rings (SSSR count). The molecule has 0 saturated carbocycles. The number of nitrogens with zero attached hydrogens (tertiary/aromatic N) is 2. The molecule has 0 aliphatic rings. The number of thioether (sulfide) groups is 1. The van der Waals surface area contributed by atoms with E-state index in [4.69, 9.17) is 0 Å². The fourth-order valence-corrected chi connectivity index (χ4v) is 3.08. The van der Waals surface area contributed by atoms with E-state index in [0.29, 0.717) is 10.9 Å². The number of amides is 1. The van der Waals surface area contributed by atoms with Crippen LogP contribution in [0.2, 0.25) is 0 Å². The van der Waals surface area contributed by atoms with Crippen molar-refractivity contribution in [2.75, 3.05) is 11.1 Å². The Balaban J connectivity index is 1.80. The van der Waals surface area contributed by atoms with Gasteiger partial charge in [-0.05, 0) is 18.6 Å². The lowest BCUT2D eigenvalue weighted by Crippen LogP contribution is -2.13. The maximum atomic E-state index is 11.8. The summed E-state index contributed by atoms with van der Waals surface area (Å²) in [5.41, 5.74) is 0. The molecule has 0 spiro atoms. The smallest absolute Gasteiger partial charge is 0.236 e. The van der Waals surface area contributed by atoms with Gasteiger partial charge in [0, 0.05) is 28.4 Å². The average molecular weight is 293 g/mol. The fourth-order valence-electron chi connectivity index (χ4n) is 1.47. The molecule has 0 saturated heterocycles. The number of carbonyl (C=O) groups excluding carboxylic acids is 1. The molecule has 2 aromatic rings. The summed E-state index contributed by atoms with van der Waals surface area (Å²) in [6, 6.07) is 3.78. The summed E-state index contributed by atoms with van der Waals surface area (Å²) in [5.74, 6) is 0.353. The Morgan fingerprint density at radius 3 is 2.95 bits per heavy atom. The van der Waals surface area contributed by atoms with E-state index in [1.165, 1.54) is 16.6 Å². The standard InChI is InChI=1S/C13H15N3OS2/c1-2-3-11-8-15-13(19-11)16-12(17)9-18-10-4-6-14-7-5-10/h4-8H,2-3,9H2,1H3,(H,15,16,17). The summed E-state index contributed by atoms with van der Waals surface area (Å²) < 4.78 is 0. The average Bonchev–Trinajstić information content (AvgIpc) is 2.85. The molecule has 0 aromatic carbocycles. The Morgan fingerprint density at radius 1 is 1.42 bits per heavy atom. The molecule has 4 nitrogen and oxygen atoms in total. The van der Waals surface area contributed by atoms with Gasteiger partial charge in [-0.15, -0.1) is 23.1 Å². The van der Waals surface area contributed by atoms with Crippen LogP contribution in [0.3, 0.4) is 0 Å². The molecule has 2 heterocycles. The summed E-state index contributed by atoms with van der Waals surface area (Å²) >= 11 is 3.03. The van der Waals surface area contributed by atoms with Gasteiger partial charge in [-0.1, -0.05) is 13.3 Å². The van der Waals surface area contributed by atoms with Gasteiger partial charge in [0.25, 0.3) is 0 Å². The molecule has 2 aromatic heterocycles. The van der Waals surface area contributed by atoms with Gasteiger partial charge in [-0.2, -0.15) is 0 Å². The van der Waals surface area contributed by atoms with Crippen LogP contribution in [0.4, 0.5) is 5.13 Å². The molecule has 100 valence electrons. The van der Waals surface area contributed by atoms with Gasteiger partial charge < -0.3 is 5.32 Å². The topological polar surface area (TPSA) is 54.9 Å². The van der Waals surface area contributed by atoms with E-state index in [1.807, 2.05) is 18.3 Å². The molecule has 0 unspecified atom stereocenters. The minimum Gasteiger partial charge on any atom is -0.301 e. The monoisotopic (exact) mass is 293 g/mol. The highest BCUT2D eigenvalue weighted by molar-refractivity contribution is 8.00. The molecule has 0 bridgehead atoms. The number of nitrogens with one attached hydrogen (secondary N) is 1. The zero-order valence-electron chi connectivity index (χ0n) is 10.6. The van der Waals surface area contributed by atoms with Gasteiger partial charge in [0.15, 0.2) is 5.13 Å². The van der Waals surface area contributed by atoms with Gasteiger partial charge in [0.1, 0.15) is 0 Å². The first kappa shape index (κ1) is 14.0. The van der Waals surface area contributed by atoms with Crippen molar-refractivity contribution in [3.63, 3.8) is 0 Å². The maximum Gasteiger partial charge on any atom is 0.236 e. The molecule has 0 aliphatic heterocycles. The van der Waals surface area contributed by atoms with Crippen molar-refractivity contribution in [2.45, 2.75) is 24.7 Å². The van der Waals surface area contributed by atoms with Gasteiger partial charge in [-0.25, -0.2) is 4.98 Å². The lowest BCUT2D eigenvalue weighted by Gasteiger charge is -2.01. The quantitative estimate of drug-likeness (QED) is 0.831. The number of hydrogen-bond acceptors (Lipinski definition) is 5. The van der Waals surface area contributed by atoms with Gasteiger partial charge >= 0.3 is 0 Å². The van der Waals surface area contributed by atoms with Crippen LogP contribution in [0.25, 0.3) is 0 Å². The summed E-state index contributed by atoms with van der Waals surface area (Å²) in [5, 5.41) is 3.51. The highest BCUT2D eigenvalue weighted by atomic mass is 32.2. The van der Waals surface area contributed by atoms with Gasteiger partial charge in [-0.3, -0.25) is 9.78 Å². The first-order chi connectivity index (χ1) is 9.28. The molecule has 0 aliphatic carbocycles. The van der Waals surface area contributed by atoms with Crippen LogP contribution >= 0.6 is 23.1 Å². The summed E-state index contributed by atoms with van der Waals surface area (Å²) in [7, 11) is 0. The molecule has 19 heavy (non-hydrogen) atoms. The largest absolute Gasteiger partial charge is 0.301 e. The van der Waals surface area contributed by atoms with Crippen LogP contribution in [-0.2, 0) is 11.2 Å². The summed E-state index contributed by atoms with van der Waals surface area (Å²) in [4.78, 5) is 22.2. The van der Waals surface area contributed by atoms with E-state index in [9.17, 15) is 4.79 Å². The van der Waals surface area contributed by atoms with Crippen molar-refractivity contribution in [1.82, 2.24) is 9.97 Å². The summed E-state index contributed by atoms with van der Waals surface area (Å²) in [6.07, 6.45) is 7.38. The van der Waals surface area contributed by atoms with Crippen molar-refractivity contribution in [2.24, 2.45) is 0 Å². The number of aromatic nitrogens is 2.